The van der Waals surface area contributed by atoms with Gasteiger partial charge in [-0.05, 0) is 13.0 Å². The van der Waals surface area contributed by atoms with Gasteiger partial charge in [0.2, 0.25) is 0 Å². The Morgan fingerprint density at radius 1 is 1.00 bits per heavy atom. The molecule has 0 bridgehead atoms. The third kappa shape index (κ3) is 3.87. The van der Waals surface area contributed by atoms with E-state index in [1.807, 2.05) is 0 Å². The van der Waals surface area contributed by atoms with Gasteiger partial charge in [0.1, 0.15) is 0 Å². The standard InChI is InChI=1S/C11H19N7O2/c12-3-1-2-6(19)7-9(14)18-8(10(15)17-7)11(20)16-5-4-13/h1-5,12-13H2,(H2,14,18)(H2,15,17)(H,16,20). The molecule has 9 N–H and O–H groups in total. The Morgan fingerprint density at radius 2 is 1.60 bits per heavy atom. The van der Waals surface area contributed by atoms with Gasteiger partial charge >= 0.3 is 0 Å². The van der Waals surface area contributed by atoms with Gasteiger partial charge in [-0.1, -0.05) is 0 Å². The maximum atomic E-state index is 11.8. The maximum Gasteiger partial charge on any atom is 0.273 e. The molecule has 9 nitrogen and oxygen atoms in total. The number of Topliss-reactive ketones (excluding diaryl/α,β-unsaturated/α-hetero) is 1. The lowest BCUT2D eigenvalue weighted by Gasteiger charge is -2.09. The van der Waals surface area contributed by atoms with Crippen LogP contribution in [0.2, 0.25) is 0 Å². The molecule has 110 valence electrons. The summed E-state index contributed by atoms with van der Waals surface area (Å²) in [4.78, 5) is 31.2. The fourth-order valence-electron chi connectivity index (χ4n) is 1.48. The van der Waals surface area contributed by atoms with Crippen molar-refractivity contribution in [2.75, 3.05) is 31.1 Å². The molecular weight excluding hydrogens is 262 g/mol. The van der Waals surface area contributed by atoms with Crippen LogP contribution in [0.25, 0.3) is 0 Å². The number of nitrogens with one attached hydrogen (secondary N) is 1. The van der Waals surface area contributed by atoms with Gasteiger partial charge in [0.05, 0.1) is 0 Å². The molecule has 0 aromatic carbocycles. The number of ketones is 1. The van der Waals surface area contributed by atoms with Crippen LogP contribution in [0.1, 0.15) is 33.8 Å². The Bertz CT molecular complexity index is 458. The molecule has 0 saturated carbocycles. The zero-order valence-corrected chi connectivity index (χ0v) is 11.1. The van der Waals surface area contributed by atoms with E-state index in [9.17, 15) is 9.59 Å². The molecule has 0 saturated heterocycles. The van der Waals surface area contributed by atoms with E-state index < -0.39 is 5.91 Å². The van der Waals surface area contributed by atoms with Crippen molar-refractivity contribution < 1.29 is 9.59 Å². The van der Waals surface area contributed by atoms with E-state index in [2.05, 4.69) is 15.3 Å². The van der Waals surface area contributed by atoms with Gasteiger partial charge in [0.25, 0.3) is 5.91 Å². The van der Waals surface area contributed by atoms with Crippen molar-refractivity contribution >= 4 is 23.3 Å². The molecular formula is C11H19N7O2. The lowest BCUT2D eigenvalue weighted by molar-refractivity contribution is 0.0944. The highest BCUT2D eigenvalue weighted by Crippen LogP contribution is 2.15. The monoisotopic (exact) mass is 281 g/mol. The molecule has 1 aromatic rings. The maximum absolute atomic E-state index is 11.8. The van der Waals surface area contributed by atoms with E-state index in [4.69, 9.17) is 22.9 Å². The topological polar surface area (TPSA) is 176 Å². The van der Waals surface area contributed by atoms with E-state index in [1.54, 1.807) is 0 Å². The van der Waals surface area contributed by atoms with Crippen molar-refractivity contribution in [1.29, 1.82) is 0 Å². The Hall–Kier alpha value is -2.26. The highest BCUT2D eigenvalue weighted by molar-refractivity contribution is 6.01. The minimum Gasteiger partial charge on any atom is -0.382 e. The van der Waals surface area contributed by atoms with E-state index >= 15 is 0 Å². The van der Waals surface area contributed by atoms with Gasteiger partial charge in [0, 0.05) is 19.5 Å². The summed E-state index contributed by atoms with van der Waals surface area (Å²) in [5.74, 6) is -1.11. The molecule has 1 rings (SSSR count). The predicted molar refractivity (Wildman–Crippen MR) is 74.9 cm³/mol. The molecule has 20 heavy (non-hydrogen) atoms. The van der Waals surface area contributed by atoms with Crippen LogP contribution in [-0.4, -0.2) is 41.3 Å². The fraction of sp³-hybridized carbons (Fsp3) is 0.455. The van der Waals surface area contributed by atoms with Gasteiger partial charge in [-0.3, -0.25) is 9.59 Å². The second-order valence-electron chi connectivity index (χ2n) is 4.05. The number of nitrogens with zero attached hydrogens (tertiary/aromatic N) is 2. The molecule has 0 unspecified atom stereocenters. The van der Waals surface area contributed by atoms with Crippen molar-refractivity contribution in [3.05, 3.63) is 11.4 Å². The molecule has 1 heterocycles. The minimum absolute atomic E-state index is 0.0358. The first-order valence-electron chi connectivity index (χ1n) is 6.15. The van der Waals surface area contributed by atoms with Crippen LogP contribution in [0.15, 0.2) is 0 Å². The summed E-state index contributed by atoms with van der Waals surface area (Å²) >= 11 is 0. The molecule has 1 amide bonds. The molecule has 0 fully saturated rings. The summed E-state index contributed by atoms with van der Waals surface area (Å²) in [6.45, 7) is 0.940. The summed E-state index contributed by atoms with van der Waals surface area (Å²) in [5, 5.41) is 2.50. The largest absolute Gasteiger partial charge is 0.382 e. The molecule has 9 heteroatoms. The molecule has 0 atom stereocenters. The van der Waals surface area contributed by atoms with E-state index in [1.165, 1.54) is 0 Å². The number of carbonyl (C=O) groups is 2. The Morgan fingerprint density at radius 3 is 2.20 bits per heavy atom. The summed E-state index contributed by atoms with van der Waals surface area (Å²) in [5.41, 5.74) is 21.7. The number of aromatic nitrogens is 2. The zero-order valence-electron chi connectivity index (χ0n) is 11.1. The van der Waals surface area contributed by atoms with Crippen molar-refractivity contribution in [1.82, 2.24) is 15.3 Å². The van der Waals surface area contributed by atoms with Crippen LogP contribution in [-0.2, 0) is 0 Å². The normalized spacial score (nSPS) is 10.3. The third-order valence-corrected chi connectivity index (χ3v) is 2.47. The van der Waals surface area contributed by atoms with Crippen LogP contribution in [0, 0.1) is 0 Å². The smallest absolute Gasteiger partial charge is 0.273 e. The Balaban J connectivity index is 2.96. The second-order valence-corrected chi connectivity index (χ2v) is 4.05. The summed E-state index contributed by atoms with van der Waals surface area (Å²) in [6.07, 6.45) is 0.714. The van der Waals surface area contributed by atoms with Crippen LogP contribution in [0.3, 0.4) is 0 Å². The number of hydrogen-bond donors (Lipinski definition) is 5. The quantitative estimate of drug-likeness (QED) is 0.365. The van der Waals surface area contributed by atoms with Gasteiger partial charge in [-0.15, -0.1) is 0 Å². The molecule has 1 aromatic heterocycles. The molecule has 0 aliphatic rings. The van der Waals surface area contributed by atoms with Gasteiger partial charge in [-0.2, -0.15) is 0 Å². The SMILES string of the molecule is NCCCC(=O)c1nc(N)c(C(=O)NCCN)nc1N. The van der Waals surface area contributed by atoms with Crippen molar-refractivity contribution in [2.24, 2.45) is 11.5 Å². The summed E-state index contributed by atoms with van der Waals surface area (Å²) < 4.78 is 0. The van der Waals surface area contributed by atoms with Crippen LogP contribution in [0.4, 0.5) is 11.6 Å². The summed E-state index contributed by atoms with van der Waals surface area (Å²) in [6, 6.07) is 0. The zero-order chi connectivity index (χ0) is 15.1. The number of hydrogen-bond acceptors (Lipinski definition) is 8. The lowest BCUT2D eigenvalue weighted by Crippen LogP contribution is -2.31. The number of nitrogens with two attached hydrogens (primary N) is 4. The first-order chi connectivity index (χ1) is 9.51. The van der Waals surface area contributed by atoms with Crippen LogP contribution in [0.5, 0.6) is 0 Å². The first-order valence-corrected chi connectivity index (χ1v) is 6.15. The second kappa shape index (κ2) is 7.36. The van der Waals surface area contributed by atoms with Crippen LogP contribution < -0.4 is 28.3 Å². The highest BCUT2D eigenvalue weighted by atomic mass is 16.2. The van der Waals surface area contributed by atoms with Crippen molar-refractivity contribution in [2.45, 2.75) is 12.8 Å². The number of anilines is 2. The minimum atomic E-state index is -0.534. The molecule has 0 spiro atoms. The number of rotatable bonds is 7. The third-order valence-electron chi connectivity index (χ3n) is 2.47. The molecule has 0 aliphatic carbocycles. The lowest BCUT2D eigenvalue weighted by atomic mass is 10.1. The number of amides is 1. The van der Waals surface area contributed by atoms with E-state index in [-0.39, 0.29) is 48.3 Å². The highest BCUT2D eigenvalue weighted by Gasteiger charge is 2.19. The summed E-state index contributed by atoms with van der Waals surface area (Å²) in [7, 11) is 0. The Labute approximate surface area is 116 Å². The predicted octanol–water partition coefficient (Wildman–Crippen LogP) is -1.75. The molecule has 0 radical (unpaired) electrons. The first kappa shape index (κ1) is 15.8. The average Bonchev–Trinajstić information content (AvgIpc) is 2.44. The number of nitrogen functional groups attached to an aromatic ring is 2. The van der Waals surface area contributed by atoms with Crippen molar-refractivity contribution in [3.63, 3.8) is 0 Å². The fourth-order valence-corrected chi connectivity index (χ4v) is 1.48. The average molecular weight is 281 g/mol. The van der Waals surface area contributed by atoms with Crippen LogP contribution >= 0.6 is 0 Å². The van der Waals surface area contributed by atoms with Crippen molar-refractivity contribution in [3.8, 4) is 0 Å². The van der Waals surface area contributed by atoms with E-state index in [0.29, 0.717) is 13.0 Å². The molecule has 0 aliphatic heterocycles. The van der Waals surface area contributed by atoms with Gasteiger partial charge < -0.3 is 28.3 Å². The van der Waals surface area contributed by atoms with E-state index in [0.717, 1.165) is 0 Å². The Kier molecular flexibility index (Phi) is 5.81. The van der Waals surface area contributed by atoms with Gasteiger partial charge in [0.15, 0.2) is 28.8 Å². The number of carbonyl (C=O) groups excluding carboxylic acids is 2. The van der Waals surface area contributed by atoms with Gasteiger partial charge in [-0.25, -0.2) is 9.97 Å².